The van der Waals surface area contributed by atoms with Gasteiger partial charge in [-0.25, -0.2) is 4.68 Å². The van der Waals surface area contributed by atoms with Crippen molar-refractivity contribution in [3.8, 4) is 23.0 Å². The number of rotatable bonds is 2. The molecule has 0 radical (unpaired) electrons. The Morgan fingerprint density at radius 3 is 2.52 bits per heavy atom. The summed E-state index contributed by atoms with van der Waals surface area (Å²) in [5.74, 6) is 1.08. The maximum atomic E-state index is 9.02. The second kappa shape index (κ2) is 6.45. The van der Waals surface area contributed by atoms with Gasteiger partial charge in [0.2, 0.25) is 0 Å². The predicted octanol–water partition coefficient (Wildman–Crippen LogP) is 4.47. The van der Waals surface area contributed by atoms with Crippen molar-refractivity contribution < 1.29 is 0 Å². The molecular formula is C21H20N4. The van der Waals surface area contributed by atoms with E-state index in [0.29, 0.717) is 5.56 Å². The number of nitriles is 1. The molecule has 4 rings (SSSR count). The van der Waals surface area contributed by atoms with Crippen LogP contribution < -0.4 is 5.32 Å². The summed E-state index contributed by atoms with van der Waals surface area (Å²) in [6.07, 6.45) is 3.36. The Kier molecular flexibility index (Phi) is 3.99. The number of nitrogens with one attached hydrogen (secondary N) is 1. The quantitative estimate of drug-likeness (QED) is 0.755. The average Bonchev–Trinajstić information content (AvgIpc) is 2.84. The summed E-state index contributed by atoms with van der Waals surface area (Å²) in [6, 6.07) is 18.3. The lowest BCUT2D eigenvalue weighted by molar-refractivity contribution is 0.780. The van der Waals surface area contributed by atoms with Gasteiger partial charge >= 0.3 is 0 Å². The average molecular weight is 328 g/mol. The van der Waals surface area contributed by atoms with Crippen LogP contribution in [0.4, 0.5) is 5.82 Å². The maximum absolute atomic E-state index is 9.02. The van der Waals surface area contributed by atoms with Gasteiger partial charge in [-0.1, -0.05) is 29.8 Å². The number of hydrogen-bond acceptors (Lipinski definition) is 3. The standard InChI is InChI=1S/C21H20N4/c1-15-5-9-17(10-6-15)20-19-4-2-3-13-23-21(19)25(24-20)18-11-7-16(14-22)8-12-18/h5-12,23H,2-4,13H2,1H3. The van der Waals surface area contributed by atoms with E-state index in [9.17, 15) is 0 Å². The molecule has 0 fully saturated rings. The Morgan fingerprint density at radius 1 is 1.04 bits per heavy atom. The Labute approximate surface area is 147 Å². The van der Waals surface area contributed by atoms with Crippen LogP contribution in [-0.4, -0.2) is 16.3 Å². The first-order valence-corrected chi connectivity index (χ1v) is 8.69. The van der Waals surface area contributed by atoms with E-state index in [0.717, 1.165) is 48.6 Å². The summed E-state index contributed by atoms with van der Waals surface area (Å²) >= 11 is 0. The number of aromatic nitrogens is 2. The third-order valence-corrected chi connectivity index (χ3v) is 4.70. The van der Waals surface area contributed by atoms with E-state index in [4.69, 9.17) is 10.4 Å². The van der Waals surface area contributed by atoms with Crippen LogP contribution in [0.2, 0.25) is 0 Å². The number of nitrogens with zero attached hydrogens (tertiary/aromatic N) is 3. The van der Waals surface area contributed by atoms with Crippen LogP contribution in [0.25, 0.3) is 16.9 Å². The molecule has 0 amide bonds. The fourth-order valence-electron chi connectivity index (χ4n) is 3.31. The largest absolute Gasteiger partial charge is 0.370 e. The van der Waals surface area contributed by atoms with Gasteiger partial charge in [0.25, 0.3) is 0 Å². The van der Waals surface area contributed by atoms with Crippen molar-refractivity contribution in [2.24, 2.45) is 0 Å². The van der Waals surface area contributed by atoms with Gasteiger partial charge in [0.15, 0.2) is 0 Å². The van der Waals surface area contributed by atoms with E-state index in [1.54, 1.807) is 0 Å². The SMILES string of the molecule is Cc1ccc(-c2nn(-c3ccc(C#N)cc3)c3c2CCCCN3)cc1. The van der Waals surface area contributed by atoms with Crippen molar-refractivity contribution in [1.29, 1.82) is 5.26 Å². The minimum atomic E-state index is 0.661. The van der Waals surface area contributed by atoms with Crippen LogP contribution in [0.15, 0.2) is 48.5 Å². The predicted molar refractivity (Wildman–Crippen MR) is 99.9 cm³/mol. The number of benzene rings is 2. The second-order valence-corrected chi connectivity index (χ2v) is 6.50. The van der Waals surface area contributed by atoms with Crippen molar-refractivity contribution >= 4 is 5.82 Å². The van der Waals surface area contributed by atoms with Crippen LogP contribution in [0.3, 0.4) is 0 Å². The number of fused-ring (bicyclic) bond motifs is 1. The Hall–Kier alpha value is -3.06. The molecule has 1 N–H and O–H groups in total. The first kappa shape index (κ1) is 15.5. The highest BCUT2D eigenvalue weighted by atomic mass is 15.3. The fourth-order valence-corrected chi connectivity index (χ4v) is 3.31. The van der Waals surface area contributed by atoms with E-state index < -0.39 is 0 Å². The molecule has 0 aliphatic carbocycles. The normalized spacial score (nSPS) is 13.4. The van der Waals surface area contributed by atoms with Crippen LogP contribution in [0.1, 0.15) is 29.5 Å². The minimum Gasteiger partial charge on any atom is -0.370 e. The molecule has 4 nitrogen and oxygen atoms in total. The van der Waals surface area contributed by atoms with Crippen molar-refractivity contribution in [3.05, 3.63) is 65.2 Å². The highest BCUT2D eigenvalue weighted by molar-refractivity contribution is 5.71. The van der Waals surface area contributed by atoms with Crippen molar-refractivity contribution in [2.75, 3.05) is 11.9 Å². The summed E-state index contributed by atoms with van der Waals surface area (Å²) in [4.78, 5) is 0. The molecule has 1 aliphatic heterocycles. The first-order chi connectivity index (χ1) is 12.3. The molecule has 4 heteroatoms. The number of aryl methyl sites for hydroxylation is 1. The van der Waals surface area contributed by atoms with Gasteiger partial charge in [0.1, 0.15) is 5.82 Å². The zero-order valence-corrected chi connectivity index (χ0v) is 14.3. The molecule has 0 saturated heterocycles. The van der Waals surface area contributed by atoms with Crippen LogP contribution in [0, 0.1) is 18.3 Å². The second-order valence-electron chi connectivity index (χ2n) is 6.50. The van der Waals surface area contributed by atoms with Gasteiger partial charge in [-0.2, -0.15) is 10.4 Å². The summed E-state index contributed by atoms with van der Waals surface area (Å²) < 4.78 is 1.98. The highest BCUT2D eigenvalue weighted by Crippen LogP contribution is 2.34. The third kappa shape index (κ3) is 2.89. The molecular weight excluding hydrogens is 308 g/mol. The molecule has 25 heavy (non-hydrogen) atoms. The summed E-state index contributed by atoms with van der Waals surface area (Å²) in [6.45, 7) is 3.06. The van der Waals surface area contributed by atoms with Crippen molar-refractivity contribution in [2.45, 2.75) is 26.2 Å². The van der Waals surface area contributed by atoms with E-state index >= 15 is 0 Å². The number of hydrogen-bond donors (Lipinski definition) is 1. The molecule has 1 aromatic heterocycles. The van der Waals surface area contributed by atoms with Gasteiger partial charge in [-0.3, -0.25) is 0 Å². The van der Waals surface area contributed by atoms with Gasteiger partial charge in [0, 0.05) is 17.7 Å². The highest BCUT2D eigenvalue weighted by Gasteiger charge is 2.21. The lowest BCUT2D eigenvalue weighted by Crippen LogP contribution is -2.07. The lowest BCUT2D eigenvalue weighted by atomic mass is 10.0. The lowest BCUT2D eigenvalue weighted by Gasteiger charge is -2.09. The van der Waals surface area contributed by atoms with E-state index in [1.807, 2.05) is 28.9 Å². The minimum absolute atomic E-state index is 0.661. The van der Waals surface area contributed by atoms with Crippen LogP contribution in [0.5, 0.6) is 0 Å². The van der Waals surface area contributed by atoms with Crippen molar-refractivity contribution in [3.63, 3.8) is 0 Å². The number of anilines is 1. The smallest absolute Gasteiger partial charge is 0.133 e. The molecule has 0 bridgehead atoms. The Balaban J connectivity index is 1.86. The van der Waals surface area contributed by atoms with Crippen LogP contribution in [-0.2, 0) is 6.42 Å². The molecule has 0 spiro atoms. The zero-order chi connectivity index (χ0) is 17.2. The molecule has 0 saturated carbocycles. The van der Waals surface area contributed by atoms with Crippen molar-refractivity contribution in [1.82, 2.24) is 9.78 Å². The van der Waals surface area contributed by atoms with Crippen LogP contribution >= 0.6 is 0 Å². The molecule has 3 aromatic rings. The van der Waals surface area contributed by atoms with Gasteiger partial charge in [0.05, 0.1) is 23.0 Å². The monoisotopic (exact) mass is 328 g/mol. The maximum Gasteiger partial charge on any atom is 0.133 e. The van der Waals surface area contributed by atoms with Gasteiger partial charge in [-0.05, 0) is 50.5 Å². The summed E-state index contributed by atoms with van der Waals surface area (Å²) in [5, 5.41) is 17.5. The van der Waals surface area contributed by atoms with E-state index in [1.165, 1.54) is 11.1 Å². The van der Waals surface area contributed by atoms with E-state index in [-0.39, 0.29) is 0 Å². The topological polar surface area (TPSA) is 53.6 Å². The molecule has 124 valence electrons. The third-order valence-electron chi connectivity index (χ3n) is 4.70. The van der Waals surface area contributed by atoms with Gasteiger partial charge < -0.3 is 5.32 Å². The molecule has 0 unspecified atom stereocenters. The van der Waals surface area contributed by atoms with Gasteiger partial charge in [-0.15, -0.1) is 0 Å². The fraction of sp³-hybridized carbons (Fsp3) is 0.238. The first-order valence-electron chi connectivity index (χ1n) is 8.69. The molecule has 0 atom stereocenters. The summed E-state index contributed by atoms with van der Waals surface area (Å²) in [7, 11) is 0. The Morgan fingerprint density at radius 2 is 1.80 bits per heavy atom. The van der Waals surface area contributed by atoms with E-state index in [2.05, 4.69) is 42.6 Å². The molecule has 2 aromatic carbocycles. The summed E-state index contributed by atoms with van der Waals surface area (Å²) in [5.41, 5.74) is 6.37. The molecule has 1 aliphatic rings. The molecule has 2 heterocycles. The zero-order valence-electron chi connectivity index (χ0n) is 14.3. The Bertz CT molecular complexity index is 928.